The third kappa shape index (κ3) is 2.69. The van der Waals surface area contributed by atoms with E-state index in [1.54, 1.807) is 11.3 Å². The molecular formula is C15H16N2OS. The molecule has 2 N–H and O–H groups in total. The lowest BCUT2D eigenvalue weighted by Crippen LogP contribution is -2.41. The van der Waals surface area contributed by atoms with Crippen molar-refractivity contribution in [1.29, 1.82) is 0 Å². The summed E-state index contributed by atoms with van der Waals surface area (Å²) < 4.78 is 0. The Morgan fingerprint density at radius 3 is 3.05 bits per heavy atom. The quantitative estimate of drug-likeness (QED) is 0.900. The van der Waals surface area contributed by atoms with Crippen molar-refractivity contribution in [3.63, 3.8) is 0 Å². The molecule has 4 heteroatoms. The van der Waals surface area contributed by atoms with E-state index < -0.39 is 0 Å². The van der Waals surface area contributed by atoms with E-state index in [9.17, 15) is 4.79 Å². The maximum absolute atomic E-state index is 12.3. The van der Waals surface area contributed by atoms with Crippen molar-refractivity contribution in [2.24, 2.45) is 0 Å². The number of amides is 1. The Morgan fingerprint density at radius 1 is 1.32 bits per heavy atom. The lowest BCUT2D eigenvalue weighted by atomic mass is 9.94. The van der Waals surface area contributed by atoms with Crippen molar-refractivity contribution < 1.29 is 4.79 Å². The van der Waals surface area contributed by atoms with E-state index in [1.807, 2.05) is 35.7 Å². The highest BCUT2D eigenvalue weighted by Gasteiger charge is 2.25. The molecule has 1 amide bonds. The van der Waals surface area contributed by atoms with Gasteiger partial charge in [-0.05, 0) is 29.0 Å². The summed E-state index contributed by atoms with van der Waals surface area (Å²) in [4.78, 5) is 13.5. The van der Waals surface area contributed by atoms with Crippen LogP contribution in [0.1, 0.15) is 22.0 Å². The van der Waals surface area contributed by atoms with Crippen LogP contribution in [0.15, 0.2) is 41.8 Å². The van der Waals surface area contributed by atoms with Crippen LogP contribution in [0, 0.1) is 0 Å². The number of nitrogens with one attached hydrogen (secondary N) is 2. The van der Waals surface area contributed by atoms with Crippen molar-refractivity contribution in [2.45, 2.75) is 19.0 Å². The smallest absolute Gasteiger partial charge is 0.242 e. The van der Waals surface area contributed by atoms with Crippen LogP contribution in [0.4, 0.5) is 0 Å². The number of thiophene rings is 1. The molecule has 0 aliphatic carbocycles. The molecule has 1 unspecified atom stereocenters. The first kappa shape index (κ1) is 12.4. The summed E-state index contributed by atoms with van der Waals surface area (Å²) in [6.07, 6.45) is 0.991. The summed E-state index contributed by atoms with van der Waals surface area (Å²) in [7, 11) is 0. The molecule has 0 fully saturated rings. The van der Waals surface area contributed by atoms with Crippen molar-refractivity contribution in [3.05, 3.63) is 57.8 Å². The lowest BCUT2D eigenvalue weighted by Gasteiger charge is -2.25. The molecule has 0 bridgehead atoms. The summed E-state index contributed by atoms with van der Waals surface area (Å²) >= 11 is 1.66. The number of fused-ring (bicyclic) bond motifs is 1. The van der Waals surface area contributed by atoms with Crippen LogP contribution in [-0.4, -0.2) is 12.5 Å². The van der Waals surface area contributed by atoms with Crippen molar-refractivity contribution >= 4 is 17.2 Å². The van der Waals surface area contributed by atoms with Gasteiger partial charge in [0.25, 0.3) is 0 Å². The third-order valence-corrected chi connectivity index (χ3v) is 4.26. The van der Waals surface area contributed by atoms with E-state index in [1.165, 1.54) is 10.4 Å². The Labute approximate surface area is 116 Å². The average molecular weight is 272 g/mol. The maximum Gasteiger partial charge on any atom is 0.242 e. The normalized spacial score (nSPS) is 17.8. The van der Waals surface area contributed by atoms with Gasteiger partial charge in [-0.3, -0.25) is 4.79 Å². The standard InChI is InChI=1S/C15H16N2OS/c18-15(17-10-12-5-3-9-19-12)14-13-6-2-1-4-11(13)7-8-16-14/h1-6,9,14,16H,7-8,10H2,(H,17,18). The molecule has 1 aliphatic heterocycles. The topological polar surface area (TPSA) is 41.1 Å². The Morgan fingerprint density at radius 2 is 2.21 bits per heavy atom. The fraction of sp³-hybridized carbons (Fsp3) is 0.267. The molecular weight excluding hydrogens is 256 g/mol. The minimum atomic E-state index is -0.218. The zero-order valence-electron chi connectivity index (χ0n) is 10.6. The van der Waals surface area contributed by atoms with Gasteiger partial charge in [-0.1, -0.05) is 30.3 Å². The predicted octanol–water partition coefficient (Wildman–Crippen LogP) is 2.25. The van der Waals surface area contributed by atoms with E-state index >= 15 is 0 Å². The first-order valence-corrected chi connectivity index (χ1v) is 7.34. The van der Waals surface area contributed by atoms with Gasteiger partial charge in [0, 0.05) is 11.4 Å². The zero-order chi connectivity index (χ0) is 13.1. The van der Waals surface area contributed by atoms with Crippen LogP contribution < -0.4 is 10.6 Å². The second-order valence-electron chi connectivity index (χ2n) is 4.63. The van der Waals surface area contributed by atoms with Gasteiger partial charge in [0.05, 0.1) is 6.54 Å². The molecule has 19 heavy (non-hydrogen) atoms. The highest BCUT2D eigenvalue weighted by atomic mass is 32.1. The second kappa shape index (κ2) is 5.55. The van der Waals surface area contributed by atoms with Crippen LogP contribution in [0.2, 0.25) is 0 Å². The van der Waals surface area contributed by atoms with E-state index in [-0.39, 0.29) is 11.9 Å². The molecule has 0 spiro atoms. The van der Waals surface area contributed by atoms with Gasteiger partial charge in [-0.2, -0.15) is 0 Å². The Balaban J connectivity index is 1.71. The number of carbonyl (C=O) groups is 1. The van der Waals surface area contributed by atoms with Crippen molar-refractivity contribution in [2.75, 3.05) is 6.54 Å². The molecule has 2 heterocycles. The molecule has 2 aromatic rings. The van der Waals surface area contributed by atoms with Gasteiger partial charge in [0.1, 0.15) is 6.04 Å². The number of hydrogen-bond donors (Lipinski definition) is 2. The molecule has 3 rings (SSSR count). The van der Waals surface area contributed by atoms with E-state index in [2.05, 4.69) is 16.7 Å². The summed E-state index contributed by atoms with van der Waals surface area (Å²) in [5.74, 6) is 0.0561. The minimum Gasteiger partial charge on any atom is -0.350 e. The third-order valence-electron chi connectivity index (χ3n) is 3.39. The highest BCUT2D eigenvalue weighted by Crippen LogP contribution is 2.22. The molecule has 0 saturated carbocycles. The number of rotatable bonds is 3. The fourth-order valence-electron chi connectivity index (χ4n) is 2.43. The fourth-order valence-corrected chi connectivity index (χ4v) is 3.07. The summed E-state index contributed by atoms with van der Waals surface area (Å²) in [6.45, 7) is 1.46. The molecule has 0 saturated heterocycles. The molecule has 98 valence electrons. The van der Waals surface area contributed by atoms with Crippen LogP contribution >= 0.6 is 11.3 Å². The summed E-state index contributed by atoms with van der Waals surface area (Å²) in [5.41, 5.74) is 2.38. The van der Waals surface area contributed by atoms with E-state index in [0.717, 1.165) is 18.5 Å². The van der Waals surface area contributed by atoms with Crippen LogP contribution in [0.25, 0.3) is 0 Å². The zero-order valence-corrected chi connectivity index (χ0v) is 11.4. The Bertz CT molecular complexity index is 565. The lowest BCUT2D eigenvalue weighted by molar-refractivity contribution is -0.123. The number of benzene rings is 1. The average Bonchev–Trinajstić information content (AvgIpc) is 2.97. The summed E-state index contributed by atoms with van der Waals surface area (Å²) in [6, 6.07) is 12.0. The van der Waals surface area contributed by atoms with Gasteiger partial charge in [-0.25, -0.2) is 0 Å². The van der Waals surface area contributed by atoms with E-state index in [4.69, 9.17) is 0 Å². The highest BCUT2D eigenvalue weighted by molar-refractivity contribution is 7.09. The Hall–Kier alpha value is -1.65. The molecule has 3 nitrogen and oxygen atoms in total. The van der Waals surface area contributed by atoms with Crippen LogP contribution in [-0.2, 0) is 17.8 Å². The molecule has 1 aromatic carbocycles. The van der Waals surface area contributed by atoms with Gasteiger partial charge in [-0.15, -0.1) is 11.3 Å². The molecule has 1 aromatic heterocycles. The largest absolute Gasteiger partial charge is 0.350 e. The SMILES string of the molecule is O=C(NCc1cccs1)C1NCCc2ccccc21. The summed E-state index contributed by atoms with van der Waals surface area (Å²) in [5, 5.41) is 8.32. The van der Waals surface area contributed by atoms with E-state index in [0.29, 0.717) is 6.54 Å². The Kier molecular flexibility index (Phi) is 3.62. The van der Waals surface area contributed by atoms with Gasteiger partial charge in [0.15, 0.2) is 0 Å². The minimum absolute atomic E-state index is 0.0561. The predicted molar refractivity (Wildman–Crippen MR) is 77.1 cm³/mol. The second-order valence-corrected chi connectivity index (χ2v) is 5.67. The van der Waals surface area contributed by atoms with Crippen LogP contribution in [0.5, 0.6) is 0 Å². The van der Waals surface area contributed by atoms with Gasteiger partial charge >= 0.3 is 0 Å². The van der Waals surface area contributed by atoms with Gasteiger partial charge < -0.3 is 10.6 Å². The number of carbonyl (C=O) groups excluding carboxylic acids is 1. The van der Waals surface area contributed by atoms with Crippen LogP contribution in [0.3, 0.4) is 0 Å². The molecule has 0 radical (unpaired) electrons. The first-order valence-electron chi connectivity index (χ1n) is 6.46. The molecule has 1 atom stereocenters. The van der Waals surface area contributed by atoms with Gasteiger partial charge in [0.2, 0.25) is 5.91 Å². The monoisotopic (exact) mass is 272 g/mol. The number of hydrogen-bond acceptors (Lipinski definition) is 3. The first-order chi connectivity index (χ1) is 9.34. The van der Waals surface area contributed by atoms with Crippen molar-refractivity contribution in [3.8, 4) is 0 Å². The maximum atomic E-state index is 12.3. The van der Waals surface area contributed by atoms with Crippen molar-refractivity contribution in [1.82, 2.24) is 10.6 Å². The molecule has 1 aliphatic rings.